The van der Waals surface area contributed by atoms with Crippen LogP contribution in [0.1, 0.15) is 21.6 Å². The highest BCUT2D eigenvalue weighted by molar-refractivity contribution is 6.04. The Morgan fingerprint density at radius 3 is 2.57 bits per heavy atom. The van der Waals surface area contributed by atoms with Crippen molar-refractivity contribution in [2.24, 2.45) is 5.73 Å². The molecule has 0 aliphatic carbocycles. The van der Waals surface area contributed by atoms with E-state index in [1.54, 1.807) is 24.3 Å². The number of nitrogens with two attached hydrogens (primary N) is 1. The molecule has 1 amide bonds. The summed E-state index contributed by atoms with van der Waals surface area (Å²) in [5, 5.41) is 2.48. The third-order valence-electron chi connectivity index (χ3n) is 2.74. The highest BCUT2D eigenvalue weighted by atomic mass is 19.4. The fourth-order valence-corrected chi connectivity index (χ4v) is 1.68. The first-order valence-corrected chi connectivity index (χ1v) is 6.04. The number of pyridine rings is 1. The zero-order valence-corrected chi connectivity index (χ0v) is 10.8. The molecule has 4 nitrogen and oxygen atoms in total. The number of hydrogen-bond acceptors (Lipinski definition) is 3. The van der Waals surface area contributed by atoms with E-state index < -0.39 is 17.8 Å². The Balaban J connectivity index is 2.12. The highest BCUT2D eigenvalue weighted by Crippen LogP contribution is 2.27. The van der Waals surface area contributed by atoms with Crippen molar-refractivity contribution in [3.8, 4) is 0 Å². The first-order valence-electron chi connectivity index (χ1n) is 6.04. The third kappa shape index (κ3) is 3.79. The normalized spacial score (nSPS) is 11.2. The van der Waals surface area contributed by atoms with E-state index in [1.807, 2.05) is 0 Å². The van der Waals surface area contributed by atoms with Crippen molar-refractivity contribution in [3.63, 3.8) is 0 Å². The predicted octanol–water partition coefficient (Wildman–Crippen LogP) is 2.81. The number of rotatable bonds is 3. The zero-order valence-electron chi connectivity index (χ0n) is 10.8. The van der Waals surface area contributed by atoms with Crippen molar-refractivity contribution < 1.29 is 18.0 Å². The van der Waals surface area contributed by atoms with Crippen LogP contribution in [0.5, 0.6) is 0 Å². The number of benzene rings is 1. The third-order valence-corrected chi connectivity index (χ3v) is 2.74. The number of nitrogens with one attached hydrogen (secondary N) is 1. The SMILES string of the molecule is NCc1cccc(C(=O)Nc2ccc(C(F)(F)F)nc2)c1. The maximum atomic E-state index is 12.4. The molecule has 2 aromatic rings. The second-order valence-corrected chi connectivity index (χ2v) is 4.29. The van der Waals surface area contributed by atoms with Gasteiger partial charge in [-0.15, -0.1) is 0 Å². The summed E-state index contributed by atoms with van der Waals surface area (Å²) in [4.78, 5) is 15.2. The quantitative estimate of drug-likeness (QED) is 0.915. The molecule has 2 rings (SSSR count). The van der Waals surface area contributed by atoms with Crippen LogP contribution in [0.4, 0.5) is 18.9 Å². The van der Waals surface area contributed by atoms with Gasteiger partial charge in [-0.3, -0.25) is 4.79 Å². The van der Waals surface area contributed by atoms with E-state index in [4.69, 9.17) is 5.73 Å². The summed E-state index contributed by atoms with van der Waals surface area (Å²) in [6.45, 7) is 0.295. The number of hydrogen-bond donors (Lipinski definition) is 2. The largest absolute Gasteiger partial charge is 0.433 e. The fraction of sp³-hybridized carbons (Fsp3) is 0.143. The van der Waals surface area contributed by atoms with Crippen molar-refractivity contribution >= 4 is 11.6 Å². The van der Waals surface area contributed by atoms with Gasteiger partial charge < -0.3 is 11.1 Å². The molecule has 0 unspecified atom stereocenters. The Morgan fingerprint density at radius 2 is 2.00 bits per heavy atom. The van der Waals surface area contributed by atoms with E-state index in [9.17, 15) is 18.0 Å². The summed E-state index contributed by atoms with van der Waals surface area (Å²) in [5.74, 6) is -0.438. The molecule has 1 aromatic carbocycles. The van der Waals surface area contributed by atoms with Crippen molar-refractivity contribution in [1.29, 1.82) is 0 Å². The monoisotopic (exact) mass is 295 g/mol. The predicted molar refractivity (Wildman–Crippen MR) is 71.5 cm³/mol. The molecule has 110 valence electrons. The molecule has 3 N–H and O–H groups in total. The van der Waals surface area contributed by atoms with Crippen LogP contribution in [0.2, 0.25) is 0 Å². The minimum absolute atomic E-state index is 0.186. The average Bonchev–Trinajstić information content (AvgIpc) is 2.47. The standard InChI is InChI=1S/C14H12F3N3O/c15-14(16,17)12-5-4-11(8-19-12)20-13(21)10-3-1-2-9(6-10)7-18/h1-6,8H,7,18H2,(H,20,21). The van der Waals surface area contributed by atoms with E-state index in [2.05, 4.69) is 10.3 Å². The molecule has 1 aromatic heterocycles. The number of nitrogens with zero attached hydrogens (tertiary/aromatic N) is 1. The van der Waals surface area contributed by atoms with Crippen LogP contribution in [0.25, 0.3) is 0 Å². The summed E-state index contributed by atoms with van der Waals surface area (Å²) in [7, 11) is 0. The van der Waals surface area contributed by atoms with Crippen LogP contribution in [0, 0.1) is 0 Å². The van der Waals surface area contributed by atoms with Crippen molar-refractivity contribution in [2.45, 2.75) is 12.7 Å². The number of amides is 1. The van der Waals surface area contributed by atoms with Gasteiger partial charge in [-0.25, -0.2) is 4.98 Å². The van der Waals surface area contributed by atoms with Gasteiger partial charge in [0, 0.05) is 12.1 Å². The van der Waals surface area contributed by atoms with Crippen molar-refractivity contribution in [2.75, 3.05) is 5.32 Å². The van der Waals surface area contributed by atoms with Crippen molar-refractivity contribution in [1.82, 2.24) is 4.98 Å². The lowest BCUT2D eigenvalue weighted by Crippen LogP contribution is -2.14. The van der Waals surface area contributed by atoms with E-state index in [1.165, 1.54) is 0 Å². The number of carbonyl (C=O) groups is 1. The second-order valence-electron chi connectivity index (χ2n) is 4.29. The Hall–Kier alpha value is -2.41. The van der Waals surface area contributed by atoms with Gasteiger partial charge >= 0.3 is 6.18 Å². The molecular formula is C14H12F3N3O. The van der Waals surface area contributed by atoms with E-state index in [0.717, 1.165) is 23.9 Å². The molecule has 0 aliphatic rings. The Bertz CT molecular complexity index is 639. The molecule has 21 heavy (non-hydrogen) atoms. The van der Waals surface area contributed by atoms with Gasteiger partial charge in [-0.05, 0) is 29.8 Å². The topological polar surface area (TPSA) is 68.0 Å². The summed E-state index contributed by atoms with van der Waals surface area (Å²) < 4.78 is 37.1. The summed E-state index contributed by atoms with van der Waals surface area (Å²) in [5.41, 5.74) is 5.82. The molecule has 7 heteroatoms. The van der Waals surface area contributed by atoms with E-state index in [0.29, 0.717) is 12.1 Å². The maximum absolute atomic E-state index is 12.4. The van der Waals surface area contributed by atoms with Crippen LogP contribution < -0.4 is 11.1 Å². The molecule has 0 aliphatic heterocycles. The molecule has 0 saturated heterocycles. The number of halogens is 3. The Labute approximate surface area is 118 Å². The minimum Gasteiger partial charge on any atom is -0.326 e. The lowest BCUT2D eigenvalue weighted by atomic mass is 10.1. The van der Waals surface area contributed by atoms with Gasteiger partial charge in [0.25, 0.3) is 5.91 Å². The van der Waals surface area contributed by atoms with Gasteiger partial charge in [0.15, 0.2) is 0 Å². The van der Waals surface area contributed by atoms with Crippen LogP contribution in [-0.4, -0.2) is 10.9 Å². The van der Waals surface area contributed by atoms with Crippen molar-refractivity contribution in [3.05, 3.63) is 59.4 Å². The van der Waals surface area contributed by atoms with Gasteiger partial charge in [-0.1, -0.05) is 12.1 Å². The molecule has 1 heterocycles. The Morgan fingerprint density at radius 1 is 1.24 bits per heavy atom. The fourth-order valence-electron chi connectivity index (χ4n) is 1.68. The molecule has 0 atom stereocenters. The number of alkyl halides is 3. The molecule has 0 bridgehead atoms. The smallest absolute Gasteiger partial charge is 0.326 e. The lowest BCUT2D eigenvalue weighted by molar-refractivity contribution is -0.141. The van der Waals surface area contributed by atoms with Gasteiger partial charge in [0.05, 0.1) is 11.9 Å². The van der Waals surface area contributed by atoms with Crippen LogP contribution >= 0.6 is 0 Å². The van der Waals surface area contributed by atoms with Crippen LogP contribution in [0.3, 0.4) is 0 Å². The highest BCUT2D eigenvalue weighted by Gasteiger charge is 2.32. The van der Waals surface area contributed by atoms with Gasteiger partial charge in [0.2, 0.25) is 0 Å². The van der Waals surface area contributed by atoms with Crippen LogP contribution in [0.15, 0.2) is 42.6 Å². The van der Waals surface area contributed by atoms with E-state index in [-0.39, 0.29) is 5.69 Å². The summed E-state index contributed by atoms with van der Waals surface area (Å²) in [6, 6.07) is 8.63. The average molecular weight is 295 g/mol. The number of anilines is 1. The van der Waals surface area contributed by atoms with Gasteiger partial charge in [0.1, 0.15) is 5.69 Å². The molecule has 0 saturated carbocycles. The number of aromatic nitrogens is 1. The summed E-state index contributed by atoms with van der Waals surface area (Å²) in [6.07, 6.45) is -3.54. The van der Waals surface area contributed by atoms with Gasteiger partial charge in [-0.2, -0.15) is 13.2 Å². The first-order chi connectivity index (χ1) is 9.90. The lowest BCUT2D eigenvalue weighted by Gasteiger charge is -2.08. The summed E-state index contributed by atoms with van der Waals surface area (Å²) >= 11 is 0. The first kappa shape index (κ1) is 15.0. The maximum Gasteiger partial charge on any atom is 0.433 e. The zero-order chi connectivity index (χ0) is 15.5. The minimum atomic E-state index is -4.50. The molecule has 0 fully saturated rings. The molecule has 0 radical (unpaired) electrons. The Kier molecular flexibility index (Phi) is 4.23. The second kappa shape index (κ2) is 5.92. The van der Waals surface area contributed by atoms with E-state index >= 15 is 0 Å². The number of carbonyl (C=O) groups excluding carboxylic acids is 1. The molecular weight excluding hydrogens is 283 g/mol. The van der Waals surface area contributed by atoms with Crippen LogP contribution in [-0.2, 0) is 12.7 Å². The molecule has 0 spiro atoms.